The van der Waals surface area contributed by atoms with Crippen molar-refractivity contribution in [2.24, 2.45) is 0 Å². The second kappa shape index (κ2) is 6.95. The molecule has 1 aliphatic rings. The second-order valence-corrected chi connectivity index (χ2v) is 6.08. The first kappa shape index (κ1) is 15.7. The second-order valence-electron chi connectivity index (χ2n) is 6.08. The van der Waals surface area contributed by atoms with Gasteiger partial charge in [-0.1, -0.05) is 19.3 Å². The lowest BCUT2D eigenvalue weighted by Gasteiger charge is -2.23. The minimum absolute atomic E-state index is 0.0244. The summed E-state index contributed by atoms with van der Waals surface area (Å²) in [6, 6.07) is 1.77. The van der Waals surface area contributed by atoms with Crippen LogP contribution in [0.15, 0.2) is 17.1 Å². The summed E-state index contributed by atoms with van der Waals surface area (Å²) in [7, 11) is 0. The van der Waals surface area contributed by atoms with E-state index in [-0.39, 0.29) is 12.2 Å². The Morgan fingerprint density at radius 1 is 1.35 bits per heavy atom. The van der Waals surface area contributed by atoms with E-state index < -0.39 is 0 Å². The molecule has 1 aliphatic carbocycles. The van der Waals surface area contributed by atoms with Gasteiger partial charge in [-0.15, -0.1) is 0 Å². The topological polar surface area (TPSA) is 106 Å². The molecule has 7 nitrogen and oxygen atoms in total. The fourth-order valence-electron chi connectivity index (χ4n) is 3.12. The lowest BCUT2D eigenvalue weighted by atomic mass is 9.96. The number of hydrogen-bond donors (Lipinski definition) is 3. The van der Waals surface area contributed by atoms with Crippen molar-refractivity contribution in [2.45, 2.75) is 51.1 Å². The van der Waals surface area contributed by atoms with E-state index in [1.807, 2.05) is 0 Å². The molecule has 0 aliphatic heterocycles. The molecule has 23 heavy (non-hydrogen) atoms. The molecule has 4 N–H and O–H groups in total. The fraction of sp³-hybridized carbons (Fsp3) is 0.562. The highest BCUT2D eigenvalue weighted by molar-refractivity contribution is 5.87. The van der Waals surface area contributed by atoms with Crippen LogP contribution in [0.2, 0.25) is 0 Å². The van der Waals surface area contributed by atoms with Crippen molar-refractivity contribution >= 4 is 22.7 Å². The molecule has 0 radical (unpaired) electrons. The van der Waals surface area contributed by atoms with E-state index in [2.05, 4.69) is 15.3 Å². The lowest BCUT2D eigenvalue weighted by Crippen LogP contribution is -2.25. The van der Waals surface area contributed by atoms with Gasteiger partial charge in [-0.05, 0) is 19.3 Å². The molecule has 0 aromatic carbocycles. The van der Waals surface area contributed by atoms with Gasteiger partial charge in [0.2, 0.25) is 5.95 Å². The molecule has 0 amide bonds. The van der Waals surface area contributed by atoms with Crippen LogP contribution in [0.4, 0.5) is 11.6 Å². The van der Waals surface area contributed by atoms with Crippen LogP contribution >= 0.6 is 0 Å². The number of aliphatic hydroxyl groups excluding tert-OH is 1. The van der Waals surface area contributed by atoms with E-state index in [0.29, 0.717) is 41.7 Å². The Bertz CT molecular complexity index is 737. The number of anilines is 2. The molecule has 2 aromatic rings. The standard InChI is InChI=1S/C16H23N5O2/c17-13-9-14(23)21(7-4-8-22)15-12(13)10-18-16(20-15)19-11-5-2-1-3-6-11/h9-11,22H,1-8,17H2,(H,18,19,20). The van der Waals surface area contributed by atoms with Gasteiger partial charge in [0, 0.05) is 37.1 Å². The van der Waals surface area contributed by atoms with E-state index in [4.69, 9.17) is 10.8 Å². The number of aryl methyl sites for hydroxylation is 1. The summed E-state index contributed by atoms with van der Waals surface area (Å²) in [5, 5.41) is 13.1. The van der Waals surface area contributed by atoms with Gasteiger partial charge in [-0.25, -0.2) is 4.98 Å². The minimum Gasteiger partial charge on any atom is -0.398 e. The predicted octanol–water partition coefficient (Wildman–Crippen LogP) is 1.50. The first-order valence-corrected chi connectivity index (χ1v) is 8.22. The zero-order chi connectivity index (χ0) is 16.2. The first-order chi connectivity index (χ1) is 11.2. The van der Waals surface area contributed by atoms with Crippen molar-refractivity contribution in [3.05, 3.63) is 22.6 Å². The Balaban J connectivity index is 1.97. The molecule has 0 unspecified atom stereocenters. The third-order valence-corrected chi connectivity index (χ3v) is 4.36. The van der Waals surface area contributed by atoms with E-state index >= 15 is 0 Å². The van der Waals surface area contributed by atoms with Gasteiger partial charge in [-0.2, -0.15) is 4.98 Å². The van der Waals surface area contributed by atoms with E-state index in [0.717, 1.165) is 12.8 Å². The van der Waals surface area contributed by atoms with Crippen LogP contribution in [0.25, 0.3) is 11.0 Å². The van der Waals surface area contributed by atoms with E-state index in [1.54, 1.807) is 10.8 Å². The number of rotatable bonds is 5. The average molecular weight is 317 g/mol. The quantitative estimate of drug-likeness (QED) is 0.771. The summed E-state index contributed by atoms with van der Waals surface area (Å²) in [4.78, 5) is 21.1. The van der Waals surface area contributed by atoms with Crippen LogP contribution in [0.3, 0.4) is 0 Å². The van der Waals surface area contributed by atoms with Gasteiger partial charge < -0.3 is 16.2 Å². The largest absolute Gasteiger partial charge is 0.398 e. The molecule has 0 spiro atoms. The van der Waals surface area contributed by atoms with Gasteiger partial charge in [0.25, 0.3) is 5.56 Å². The van der Waals surface area contributed by atoms with Gasteiger partial charge in [-0.3, -0.25) is 9.36 Å². The zero-order valence-electron chi connectivity index (χ0n) is 13.2. The molecule has 1 saturated carbocycles. The van der Waals surface area contributed by atoms with Crippen LogP contribution < -0.4 is 16.6 Å². The smallest absolute Gasteiger partial charge is 0.254 e. The zero-order valence-corrected chi connectivity index (χ0v) is 13.2. The van der Waals surface area contributed by atoms with Crippen molar-refractivity contribution in [3.8, 4) is 0 Å². The predicted molar refractivity (Wildman–Crippen MR) is 90.4 cm³/mol. The number of aromatic nitrogens is 3. The van der Waals surface area contributed by atoms with Crippen molar-refractivity contribution in [2.75, 3.05) is 17.7 Å². The summed E-state index contributed by atoms with van der Waals surface area (Å²) in [5.41, 5.74) is 6.63. The SMILES string of the molecule is Nc1cc(=O)n(CCCO)c2nc(NC3CCCCC3)ncc12. The van der Waals surface area contributed by atoms with Gasteiger partial charge in [0.1, 0.15) is 5.65 Å². The Hall–Kier alpha value is -2.15. The number of fused-ring (bicyclic) bond motifs is 1. The summed E-state index contributed by atoms with van der Waals surface area (Å²) < 4.78 is 1.55. The van der Waals surface area contributed by atoms with Gasteiger partial charge in [0.05, 0.1) is 5.39 Å². The van der Waals surface area contributed by atoms with E-state index in [9.17, 15) is 4.79 Å². The maximum atomic E-state index is 12.2. The third kappa shape index (κ3) is 3.44. The van der Waals surface area contributed by atoms with Crippen molar-refractivity contribution in [1.82, 2.24) is 14.5 Å². The van der Waals surface area contributed by atoms with Crippen molar-refractivity contribution in [3.63, 3.8) is 0 Å². The van der Waals surface area contributed by atoms with E-state index in [1.165, 1.54) is 25.3 Å². The Kier molecular flexibility index (Phi) is 4.76. The molecular formula is C16H23N5O2. The Labute approximate surface area is 134 Å². The maximum Gasteiger partial charge on any atom is 0.254 e. The van der Waals surface area contributed by atoms with Crippen LogP contribution in [0, 0.1) is 0 Å². The molecule has 0 bridgehead atoms. The summed E-state index contributed by atoms with van der Waals surface area (Å²) in [5.74, 6) is 0.534. The Morgan fingerprint density at radius 3 is 2.87 bits per heavy atom. The van der Waals surface area contributed by atoms with Crippen LogP contribution in [-0.2, 0) is 6.54 Å². The average Bonchev–Trinajstić information content (AvgIpc) is 2.55. The molecule has 1 fully saturated rings. The summed E-state index contributed by atoms with van der Waals surface area (Å²) in [6.07, 6.45) is 8.13. The molecule has 3 rings (SSSR count). The number of nitrogens with zero attached hydrogens (tertiary/aromatic N) is 3. The normalized spacial score (nSPS) is 15.9. The fourth-order valence-corrected chi connectivity index (χ4v) is 3.12. The van der Waals surface area contributed by atoms with Crippen molar-refractivity contribution < 1.29 is 5.11 Å². The maximum absolute atomic E-state index is 12.2. The number of nitrogen functional groups attached to an aromatic ring is 1. The van der Waals surface area contributed by atoms with Gasteiger partial charge >= 0.3 is 0 Å². The molecule has 2 aromatic heterocycles. The van der Waals surface area contributed by atoms with Gasteiger partial charge in [0.15, 0.2) is 0 Å². The number of hydrogen-bond acceptors (Lipinski definition) is 6. The van der Waals surface area contributed by atoms with Crippen LogP contribution in [0.1, 0.15) is 38.5 Å². The highest BCUT2D eigenvalue weighted by Crippen LogP contribution is 2.22. The van der Waals surface area contributed by atoms with Crippen LogP contribution in [-0.4, -0.2) is 32.3 Å². The van der Waals surface area contributed by atoms with Crippen molar-refractivity contribution in [1.29, 1.82) is 0 Å². The Morgan fingerprint density at radius 2 is 2.13 bits per heavy atom. The molecule has 0 saturated heterocycles. The number of pyridine rings is 1. The molecule has 7 heteroatoms. The number of nitrogens with one attached hydrogen (secondary N) is 1. The van der Waals surface area contributed by atoms with Crippen LogP contribution in [0.5, 0.6) is 0 Å². The molecule has 0 atom stereocenters. The highest BCUT2D eigenvalue weighted by atomic mass is 16.3. The number of aliphatic hydroxyl groups is 1. The molecular weight excluding hydrogens is 294 g/mol. The summed E-state index contributed by atoms with van der Waals surface area (Å²) >= 11 is 0. The summed E-state index contributed by atoms with van der Waals surface area (Å²) in [6.45, 7) is 0.433. The monoisotopic (exact) mass is 317 g/mol. The lowest BCUT2D eigenvalue weighted by molar-refractivity contribution is 0.280. The number of nitrogens with two attached hydrogens (primary N) is 1. The molecule has 124 valence electrons. The minimum atomic E-state index is -0.203. The highest BCUT2D eigenvalue weighted by Gasteiger charge is 2.15. The third-order valence-electron chi connectivity index (χ3n) is 4.36. The first-order valence-electron chi connectivity index (χ1n) is 8.22. The molecule has 2 heterocycles.